The fourth-order valence-electron chi connectivity index (χ4n) is 4.03. The molecule has 2 rings (SSSR count). The first-order chi connectivity index (χ1) is 30.4. The third kappa shape index (κ3) is 103. The van der Waals surface area contributed by atoms with E-state index in [1.54, 1.807) is 0 Å². The zero-order valence-electron chi connectivity index (χ0n) is 35.9. The molecule has 0 unspecified atom stereocenters. The standard InChI is InChI=1S/2C12H30N6O2.C2H2O4.4ClHO4.2Ni/c2*19-7-5-17-9-13-1-2-14-10-18(6-8-20)12-16-4-3-15-11-17;3-1(4)2(5)6;4*2-1(3,4)5;;/h2*13-16,19-20H,1-12H2;(H,3,4)(H,5,6);4*(H,2,3,4,5);;/q;;;;;;;2*+2/p-4. The van der Waals surface area contributed by atoms with Gasteiger partial charge < -0.3 is 73.2 Å². The Kier molecular flexibility index (Phi) is 63.9. The minimum absolute atomic E-state index is 0. The molecule has 0 atom stereocenters. The first-order valence-electron chi connectivity index (χ1n) is 18.3. The van der Waals surface area contributed by atoms with Crippen LogP contribution in [0.3, 0.4) is 0 Å². The van der Waals surface area contributed by atoms with Gasteiger partial charge in [-0.15, -0.1) is 41.0 Å². The van der Waals surface area contributed by atoms with Crippen LogP contribution in [0.4, 0.5) is 0 Å². The second-order valence-corrected chi connectivity index (χ2v) is 14.9. The van der Waals surface area contributed by atoms with Crippen LogP contribution in [0.25, 0.3) is 0 Å². The van der Waals surface area contributed by atoms with Crippen molar-refractivity contribution in [3.05, 3.63) is 0 Å². The van der Waals surface area contributed by atoms with E-state index in [-0.39, 0.29) is 59.4 Å². The van der Waals surface area contributed by atoms with E-state index in [1.807, 2.05) is 0 Å². The van der Waals surface area contributed by atoms with Crippen molar-refractivity contribution in [3.8, 4) is 0 Å². The number of aliphatic hydroxyl groups excluding tert-OH is 4. The molecule has 0 spiro atoms. The van der Waals surface area contributed by atoms with Gasteiger partial charge in [-0.3, -0.25) is 19.6 Å². The first-order valence-corrected chi connectivity index (χ1v) is 23.2. The van der Waals surface area contributed by atoms with Gasteiger partial charge in [0.25, 0.3) is 0 Å². The summed E-state index contributed by atoms with van der Waals surface area (Å²) in [6.45, 7) is 16.5. The second kappa shape index (κ2) is 53.1. The maximum atomic E-state index is 9.10. The number of nitrogens with zero attached hydrogens (tertiary/aromatic N) is 4. The number of halogens is 4. The predicted molar refractivity (Wildman–Crippen MR) is 173 cm³/mol. The minimum atomic E-state index is -4.94. The number of hydrogen-bond donors (Lipinski definition) is 14. The molecule has 2 fully saturated rings. The Morgan fingerprint density at radius 3 is 0.500 bits per heavy atom. The molecule has 36 nitrogen and oxygen atoms in total. The Bertz CT molecular complexity index is 890. The number of rotatable bonds is 8. The van der Waals surface area contributed by atoms with Crippen LogP contribution in [0, 0.1) is 41.0 Å². The van der Waals surface area contributed by atoms with Crippen LogP contribution in [-0.4, -0.2) is 220 Å². The summed E-state index contributed by atoms with van der Waals surface area (Å²) < 4.78 is 136. The van der Waals surface area contributed by atoms with E-state index in [1.165, 1.54) is 0 Å². The van der Waals surface area contributed by atoms with Gasteiger partial charge in [0.2, 0.25) is 0 Å². The SMILES string of the molecule is O=C(O)C(=O)O.OCCN1CNCCNCN(CCO)CNCCNC1.OCCN1CNCCNCN(CCO)CNCCNC1.[Ni+2].[Ni+2].[O-][Cl+3]([O-])([O-])[O-].[O-][Cl+3]([O-])([O-])[O-].[O-][Cl+3]([O-])([O-])[O-].[O-][Cl+3]([O-])([O-])[O-]. The van der Waals surface area contributed by atoms with Crippen molar-refractivity contribution in [2.24, 2.45) is 0 Å². The molecule has 2 aliphatic rings. The molecule has 42 heteroatoms. The van der Waals surface area contributed by atoms with Gasteiger partial charge in [0.05, 0.1) is 26.4 Å². The zero-order chi connectivity index (χ0) is 52.1. The monoisotopic (exact) mass is 1180 g/mol. The number of hydrogen-bond acceptors (Lipinski definition) is 34. The predicted octanol–water partition coefficient (Wildman–Crippen LogP) is -26.3. The van der Waals surface area contributed by atoms with Gasteiger partial charge in [0.1, 0.15) is 0 Å². The molecule has 0 bridgehead atoms. The average Bonchev–Trinajstić information content (AvgIpc) is 3.14. The van der Waals surface area contributed by atoms with E-state index < -0.39 is 52.9 Å². The van der Waals surface area contributed by atoms with Crippen LogP contribution < -0.4 is 117 Å². The topological polar surface area (TPSA) is 634 Å². The molecule has 0 aromatic heterocycles. The van der Waals surface area contributed by atoms with Crippen LogP contribution in [0.5, 0.6) is 0 Å². The molecule has 0 radical (unpaired) electrons. The maximum absolute atomic E-state index is 9.10. The van der Waals surface area contributed by atoms with Crippen LogP contribution in [0.15, 0.2) is 0 Å². The largest absolute Gasteiger partial charge is 2.00 e. The van der Waals surface area contributed by atoms with Gasteiger partial charge >= 0.3 is 44.9 Å². The number of carboxylic acid groups (broad SMARTS) is 2. The fraction of sp³-hybridized carbons (Fsp3) is 0.923. The summed E-state index contributed by atoms with van der Waals surface area (Å²) in [6.07, 6.45) is 0. The van der Waals surface area contributed by atoms with Gasteiger partial charge in [-0.1, -0.05) is 0 Å². The number of β-amino-alcohol motifs (C(OH)–C–C–N with tert-alkyl or cyclic N) is 4. The van der Waals surface area contributed by atoms with Gasteiger partial charge in [0.15, 0.2) is 0 Å². The molecule has 0 aromatic carbocycles. The minimum Gasteiger partial charge on any atom is -0.473 e. The second-order valence-electron chi connectivity index (χ2n) is 11.9. The van der Waals surface area contributed by atoms with Gasteiger partial charge in [-0.05, 0) is 0 Å². The summed E-state index contributed by atoms with van der Waals surface area (Å²) in [4.78, 5) is 26.8. The molecule has 2 aliphatic heterocycles. The molecule has 2 saturated heterocycles. The Hall–Kier alpha value is -0.193. The van der Waals surface area contributed by atoms with E-state index >= 15 is 0 Å². The molecule has 418 valence electrons. The number of aliphatic carboxylic acids is 2. The van der Waals surface area contributed by atoms with Crippen molar-refractivity contribution in [1.82, 2.24) is 62.1 Å². The van der Waals surface area contributed by atoms with Crippen molar-refractivity contribution in [1.29, 1.82) is 0 Å². The molecule has 68 heavy (non-hydrogen) atoms. The molecule has 14 N–H and O–H groups in total. The van der Waals surface area contributed by atoms with Crippen molar-refractivity contribution >= 4 is 11.9 Å². The molecule has 2 heterocycles. The average molecular weight is 1190 g/mol. The smallest absolute Gasteiger partial charge is 0.473 e. The normalized spacial score (nSPS) is 17.4. The van der Waals surface area contributed by atoms with Gasteiger partial charge in [-0.2, -0.15) is 0 Å². The summed E-state index contributed by atoms with van der Waals surface area (Å²) in [5, 5.41) is 77.7. The molecule has 0 aromatic rings. The van der Waals surface area contributed by atoms with Crippen LogP contribution >= 0.6 is 0 Å². The Labute approximate surface area is 419 Å². The molecule has 0 amide bonds. The van der Waals surface area contributed by atoms with Gasteiger partial charge in [-0.25, -0.2) is 84.1 Å². The number of carboxylic acids is 2. The number of carbonyl (C=O) groups is 2. The maximum Gasteiger partial charge on any atom is 2.00 e. The Balaban J connectivity index is -0.000000142. The van der Waals surface area contributed by atoms with E-state index in [4.69, 9.17) is 115 Å². The summed E-state index contributed by atoms with van der Waals surface area (Å²) in [5.41, 5.74) is 0. The van der Waals surface area contributed by atoms with Gasteiger partial charge in [0, 0.05) is 132 Å². The Morgan fingerprint density at radius 2 is 0.426 bits per heavy atom. The molecular weight excluding hydrogens is 1120 g/mol. The third-order valence-electron chi connectivity index (χ3n) is 6.45. The first kappa shape index (κ1) is 81.8. The number of aliphatic hydroxyl groups is 4. The third-order valence-corrected chi connectivity index (χ3v) is 6.45. The molecule has 0 saturated carbocycles. The fourth-order valence-corrected chi connectivity index (χ4v) is 4.03. The molecular formula is C26H62Cl4N12Ni2O24. The van der Waals surface area contributed by atoms with Crippen molar-refractivity contribution in [2.45, 2.75) is 0 Å². The van der Waals surface area contributed by atoms with Crippen molar-refractivity contribution in [2.75, 3.05) is 158 Å². The van der Waals surface area contributed by atoms with Crippen LogP contribution in [0.1, 0.15) is 0 Å². The molecule has 0 aliphatic carbocycles. The quantitative estimate of drug-likeness (QED) is 0.0793. The van der Waals surface area contributed by atoms with E-state index in [9.17, 15) is 0 Å². The summed E-state index contributed by atoms with van der Waals surface area (Å²) in [5.74, 6) is -3.65. The van der Waals surface area contributed by atoms with Crippen molar-refractivity contribution in [3.63, 3.8) is 0 Å². The van der Waals surface area contributed by atoms with Crippen LogP contribution in [-0.2, 0) is 42.6 Å². The Morgan fingerprint density at radius 1 is 0.324 bits per heavy atom. The van der Waals surface area contributed by atoms with Crippen LogP contribution in [0.2, 0.25) is 0 Å². The zero-order valence-corrected chi connectivity index (χ0v) is 40.9. The van der Waals surface area contributed by atoms with E-state index in [0.29, 0.717) is 26.2 Å². The van der Waals surface area contributed by atoms with E-state index in [0.717, 1.165) is 106 Å². The summed E-state index contributed by atoms with van der Waals surface area (Å²) in [6, 6.07) is 0. The summed E-state index contributed by atoms with van der Waals surface area (Å²) >= 11 is 0. The summed E-state index contributed by atoms with van der Waals surface area (Å²) in [7, 11) is -19.8. The van der Waals surface area contributed by atoms with E-state index in [2.05, 4.69) is 62.1 Å². The van der Waals surface area contributed by atoms with Crippen molar-refractivity contribution < 1.29 is 189 Å². The number of nitrogens with one attached hydrogen (secondary N) is 8.